The summed E-state index contributed by atoms with van der Waals surface area (Å²) in [4.78, 5) is 2.35. The summed E-state index contributed by atoms with van der Waals surface area (Å²) in [7, 11) is 0. The summed E-state index contributed by atoms with van der Waals surface area (Å²) in [5.74, 6) is 0. The van der Waals surface area contributed by atoms with Gasteiger partial charge in [0.2, 0.25) is 0 Å². The number of hydrogen-bond acceptors (Lipinski definition) is 4. The Morgan fingerprint density at radius 1 is 1.30 bits per heavy atom. The Kier molecular flexibility index (Phi) is 3.65. The van der Waals surface area contributed by atoms with Crippen LogP contribution in [-0.2, 0) is 0 Å². The van der Waals surface area contributed by atoms with E-state index in [9.17, 15) is 0 Å². The molecule has 2 aliphatic heterocycles. The molecule has 4 nitrogen and oxygen atoms in total. The van der Waals surface area contributed by atoms with E-state index in [0.29, 0.717) is 6.04 Å². The molecule has 1 aromatic carbocycles. The van der Waals surface area contributed by atoms with Crippen LogP contribution in [0.15, 0.2) is 54.5 Å². The number of hydrogen-bond donors (Lipinski definition) is 2. The van der Waals surface area contributed by atoms with Gasteiger partial charge < -0.3 is 16.1 Å². The lowest BCUT2D eigenvalue weighted by molar-refractivity contribution is 0.230. The van der Waals surface area contributed by atoms with Crippen LogP contribution in [0.1, 0.15) is 24.9 Å². The Labute approximate surface area is 120 Å². The summed E-state index contributed by atoms with van der Waals surface area (Å²) in [6.07, 6.45) is 7.37. The molecule has 0 aromatic heterocycles. The molecule has 0 amide bonds. The van der Waals surface area contributed by atoms with E-state index in [1.54, 1.807) is 0 Å². The quantitative estimate of drug-likeness (QED) is 0.881. The van der Waals surface area contributed by atoms with Crippen molar-refractivity contribution in [3.05, 3.63) is 60.1 Å². The van der Waals surface area contributed by atoms with Crippen LogP contribution in [0.3, 0.4) is 0 Å². The molecule has 1 aromatic rings. The summed E-state index contributed by atoms with van der Waals surface area (Å²) in [6.45, 7) is 4.19. The van der Waals surface area contributed by atoms with E-state index in [1.165, 1.54) is 11.3 Å². The second-order valence-corrected chi connectivity index (χ2v) is 5.51. The van der Waals surface area contributed by atoms with Crippen LogP contribution in [0.5, 0.6) is 0 Å². The van der Waals surface area contributed by atoms with Crippen molar-refractivity contribution >= 4 is 0 Å². The summed E-state index contributed by atoms with van der Waals surface area (Å²) in [6, 6.07) is 11.1. The van der Waals surface area contributed by atoms with Crippen LogP contribution >= 0.6 is 0 Å². The zero-order chi connectivity index (χ0) is 13.9. The number of hydrazine groups is 1. The first kappa shape index (κ1) is 13.1. The zero-order valence-corrected chi connectivity index (χ0v) is 11.9. The maximum Gasteiger partial charge on any atom is 0.0719 e. The van der Waals surface area contributed by atoms with Crippen molar-refractivity contribution in [1.29, 1.82) is 0 Å². The smallest absolute Gasteiger partial charge is 0.0719 e. The molecule has 3 N–H and O–H groups in total. The average Bonchev–Trinajstić information content (AvgIpc) is 2.94. The summed E-state index contributed by atoms with van der Waals surface area (Å²) in [5, 5.41) is 2.15. The first-order valence-corrected chi connectivity index (χ1v) is 7.22. The SMILES string of the molecule is C[C@H](c1ccccc1)N1C=C(N2CC[C@@H](N)C2)C=CN1. The van der Waals surface area contributed by atoms with Crippen molar-refractivity contribution in [3.63, 3.8) is 0 Å². The normalized spacial score (nSPS) is 23.5. The molecule has 2 atom stereocenters. The number of allylic oxidation sites excluding steroid dienone is 1. The van der Waals surface area contributed by atoms with Crippen molar-refractivity contribution in [3.8, 4) is 0 Å². The fraction of sp³-hybridized carbons (Fsp3) is 0.375. The van der Waals surface area contributed by atoms with E-state index in [2.05, 4.69) is 58.8 Å². The van der Waals surface area contributed by atoms with Gasteiger partial charge in [0.05, 0.1) is 11.7 Å². The third-order valence-electron chi connectivity index (χ3n) is 4.04. The highest BCUT2D eigenvalue weighted by atomic mass is 15.5. The van der Waals surface area contributed by atoms with Crippen LogP contribution in [0.2, 0.25) is 0 Å². The molecule has 106 valence electrons. The fourth-order valence-corrected chi connectivity index (χ4v) is 2.76. The van der Waals surface area contributed by atoms with Gasteiger partial charge in [0.25, 0.3) is 0 Å². The third kappa shape index (κ3) is 2.65. The van der Waals surface area contributed by atoms with Crippen molar-refractivity contribution in [2.75, 3.05) is 13.1 Å². The number of nitrogens with zero attached hydrogens (tertiary/aromatic N) is 2. The Morgan fingerprint density at radius 2 is 2.10 bits per heavy atom. The van der Waals surface area contributed by atoms with Crippen LogP contribution in [-0.4, -0.2) is 29.0 Å². The van der Waals surface area contributed by atoms with E-state index in [0.717, 1.165) is 19.5 Å². The second-order valence-electron chi connectivity index (χ2n) is 5.51. The molecule has 0 spiro atoms. The van der Waals surface area contributed by atoms with E-state index >= 15 is 0 Å². The lowest BCUT2D eigenvalue weighted by Crippen LogP contribution is -2.36. The minimum atomic E-state index is 0.285. The van der Waals surface area contributed by atoms with Crippen LogP contribution in [0.4, 0.5) is 0 Å². The van der Waals surface area contributed by atoms with E-state index in [1.807, 2.05) is 12.3 Å². The molecule has 3 rings (SSSR count). The number of rotatable bonds is 3. The molecule has 4 heteroatoms. The molecule has 20 heavy (non-hydrogen) atoms. The minimum absolute atomic E-state index is 0.285. The Hall–Kier alpha value is -1.94. The van der Waals surface area contributed by atoms with E-state index < -0.39 is 0 Å². The molecule has 0 unspecified atom stereocenters. The first-order chi connectivity index (χ1) is 9.74. The summed E-state index contributed by atoms with van der Waals surface area (Å²) in [5.41, 5.74) is 11.8. The summed E-state index contributed by atoms with van der Waals surface area (Å²) >= 11 is 0. The molecule has 0 bridgehead atoms. The lowest BCUT2D eigenvalue weighted by Gasteiger charge is -2.33. The Morgan fingerprint density at radius 3 is 2.80 bits per heavy atom. The van der Waals surface area contributed by atoms with Crippen molar-refractivity contribution in [1.82, 2.24) is 15.3 Å². The fourth-order valence-electron chi connectivity index (χ4n) is 2.76. The highest BCUT2D eigenvalue weighted by Gasteiger charge is 2.22. The van der Waals surface area contributed by atoms with Crippen molar-refractivity contribution < 1.29 is 0 Å². The number of nitrogens with one attached hydrogen (secondary N) is 1. The Bertz CT molecular complexity index is 508. The van der Waals surface area contributed by atoms with Gasteiger partial charge in [-0.05, 0) is 25.0 Å². The van der Waals surface area contributed by atoms with Crippen LogP contribution in [0.25, 0.3) is 0 Å². The van der Waals surface area contributed by atoms with Gasteiger partial charge in [-0.3, -0.25) is 5.01 Å². The molecule has 0 radical (unpaired) electrons. The predicted molar refractivity (Wildman–Crippen MR) is 81.2 cm³/mol. The molecular weight excluding hydrogens is 248 g/mol. The molecule has 1 fully saturated rings. The maximum atomic E-state index is 6.00. The molecule has 0 saturated carbocycles. The maximum absolute atomic E-state index is 6.00. The monoisotopic (exact) mass is 270 g/mol. The molecule has 2 aliphatic rings. The lowest BCUT2D eigenvalue weighted by atomic mass is 10.1. The first-order valence-electron chi connectivity index (χ1n) is 7.22. The van der Waals surface area contributed by atoms with Crippen molar-refractivity contribution in [2.24, 2.45) is 5.73 Å². The minimum Gasteiger partial charge on any atom is -0.369 e. The largest absolute Gasteiger partial charge is 0.369 e. The second kappa shape index (κ2) is 5.59. The van der Waals surface area contributed by atoms with Gasteiger partial charge in [-0.1, -0.05) is 30.3 Å². The number of nitrogens with two attached hydrogens (primary N) is 1. The third-order valence-corrected chi connectivity index (χ3v) is 4.04. The van der Waals surface area contributed by atoms with Crippen LogP contribution in [0, 0.1) is 0 Å². The molecule has 1 saturated heterocycles. The highest BCUT2D eigenvalue weighted by molar-refractivity contribution is 5.24. The van der Waals surface area contributed by atoms with Crippen molar-refractivity contribution in [2.45, 2.75) is 25.4 Å². The van der Waals surface area contributed by atoms with Gasteiger partial charge in [0.1, 0.15) is 0 Å². The topological polar surface area (TPSA) is 44.5 Å². The highest BCUT2D eigenvalue weighted by Crippen LogP contribution is 2.23. The number of benzene rings is 1. The van der Waals surface area contributed by atoms with Gasteiger partial charge in [-0.2, -0.15) is 0 Å². The van der Waals surface area contributed by atoms with E-state index in [4.69, 9.17) is 5.73 Å². The Balaban J connectivity index is 1.75. The van der Waals surface area contributed by atoms with Gasteiger partial charge in [0.15, 0.2) is 0 Å². The average molecular weight is 270 g/mol. The summed E-state index contributed by atoms with van der Waals surface area (Å²) < 4.78 is 0. The van der Waals surface area contributed by atoms with Gasteiger partial charge >= 0.3 is 0 Å². The molecule has 0 aliphatic carbocycles. The van der Waals surface area contributed by atoms with Gasteiger partial charge in [0, 0.05) is 31.5 Å². The van der Waals surface area contributed by atoms with E-state index in [-0.39, 0.29) is 6.04 Å². The number of likely N-dealkylation sites (tertiary alicyclic amines) is 1. The zero-order valence-electron chi connectivity index (χ0n) is 11.9. The molecule has 2 heterocycles. The van der Waals surface area contributed by atoms with Gasteiger partial charge in [-0.15, -0.1) is 0 Å². The van der Waals surface area contributed by atoms with Gasteiger partial charge in [-0.25, -0.2) is 0 Å². The van der Waals surface area contributed by atoms with Crippen LogP contribution < -0.4 is 11.2 Å². The standard InChI is InChI=1S/C16H22N4/c1-13(14-5-3-2-4-6-14)20-12-16(7-9-18-20)19-10-8-15(17)11-19/h2-7,9,12-13,15,18H,8,10-11,17H2,1H3/t13-,15-/m1/s1. The molecular formula is C16H22N4. The predicted octanol–water partition coefficient (Wildman–Crippen LogP) is 1.96.